The summed E-state index contributed by atoms with van der Waals surface area (Å²) < 4.78 is 0.954. The second-order valence-corrected chi connectivity index (χ2v) is 5.49. The average Bonchev–Trinajstić information content (AvgIpc) is 2.50. The summed E-state index contributed by atoms with van der Waals surface area (Å²) >= 11 is 3.40. The van der Waals surface area contributed by atoms with Gasteiger partial charge in [0.25, 0.3) is 0 Å². The molecule has 1 unspecified atom stereocenters. The van der Waals surface area contributed by atoms with Crippen LogP contribution in [0, 0.1) is 0 Å². The lowest BCUT2D eigenvalue weighted by Crippen LogP contribution is -2.29. The zero-order chi connectivity index (χ0) is 13.9. The van der Waals surface area contributed by atoms with Gasteiger partial charge in [-0.05, 0) is 44.4 Å². The van der Waals surface area contributed by atoms with Gasteiger partial charge in [0.2, 0.25) is 0 Å². The van der Waals surface area contributed by atoms with E-state index in [2.05, 4.69) is 50.6 Å². The van der Waals surface area contributed by atoms with E-state index < -0.39 is 0 Å². The fourth-order valence-electron chi connectivity index (χ4n) is 2.39. The maximum Gasteiger partial charge on any atom is 0.0887 e. The van der Waals surface area contributed by atoms with Crippen LogP contribution in [0.3, 0.4) is 0 Å². The van der Waals surface area contributed by atoms with Crippen molar-refractivity contribution in [1.82, 2.24) is 10.4 Å². The molecule has 20 heavy (non-hydrogen) atoms. The van der Waals surface area contributed by atoms with Crippen molar-refractivity contribution in [2.45, 2.75) is 6.04 Å². The first-order valence-electron chi connectivity index (χ1n) is 6.35. The van der Waals surface area contributed by atoms with Gasteiger partial charge >= 0.3 is 0 Å². The fourth-order valence-corrected chi connectivity index (χ4v) is 2.63. The molecule has 0 aliphatic carbocycles. The Hall–Kier alpha value is -1.75. The second kappa shape index (κ2) is 5.71. The van der Waals surface area contributed by atoms with Gasteiger partial charge in [-0.1, -0.05) is 42.5 Å². The Kier molecular flexibility index (Phi) is 3.78. The van der Waals surface area contributed by atoms with E-state index in [1.54, 1.807) is 6.20 Å². The molecule has 0 spiro atoms. The average molecular weight is 328 g/mol. The minimum absolute atomic E-state index is 0.130. The molecule has 3 aromatic rings. The number of hydrogen-bond acceptors (Lipinski definition) is 3. The van der Waals surface area contributed by atoms with Gasteiger partial charge in [0, 0.05) is 10.7 Å². The van der Waals surface area contributed by atoms with E-state index in [1.807, 2.05) is 30.3 Å². The Bertz CT molecular complexity index is 720. The molecule has 0 aliphatic heterocycles. The lowest BCUT2D eigenvalue weighted by atomic mass is 9.97. The topological polar surface area (TPSA) is 50.9 Å². The van der Waals surface area contributed by atoms with Crippen LogP contribution < -0.4 is 11.3 Å². The number of nitrogens with two attached hydrogens (primary N) is 1. The first-order chi connectivity index (χ1) is 9.79. The normalized spacial score (nSPS) is 12.5. The molecule has 0 saturated heterocycles. The number of aromatic nitrogens is 1. The van der Waals surface area contributed by atoms with Crippen LogP contribution in [0.4, 0.5) is 0 Å². The van der Waals surface area contributed by atoms with E-state index in [0.29, 0.717) is 0 Å². The zero-order valence-corrected chi connectivity index (χ0v) is 12.3. The van der Waals surface area contributed by atoms with Gasteiger partial charge in [-0.3, -0.25) is 10.8 Å². The molecule has 2 aromatic carbocycles. The molecule has 0 aliphatic rings. The van der Waals surface area contributed by atoms with Gasteiger partial charge in [0.15, 0.2) is 0 Å². The number of fused-ring (bicyclic) bond motifs is 1. The SMILES string of the molecule is NNC(c1ccc(Br)cn1)c1cccc2ccccc12. The standard InChI is InChI=1S/C16H14BrN3/c17-12-8-9-15(19-10-12)16(20-18)14-7-3-5-11-4-1-2-6-13(11)14/h1-10,16,20H,18H2. The van der Waals surface area contributed by atoms with E-state index in [4.69, 9.17) is 5.84 Å². The molecule has 1 atom stereocenters. The molecule has 3 rings (SSSR count). The number of hydrazine groups is 1. The minimum Gasteiger partial charge on any atom is -0.271 e. The number of nitrogens with zero attached hydrogens (tertiary/aromatic N) is 1. The molecule has 100 valence electrons. The first-order valence-corrected chi connectivity index (χ1v) is 7.14. The number of pyridine rings is 1. The molecule has 3 N–H and O–H groups in total. The fraction of sp³-hybridized carbons (Fsp3) is 0.0625. The van der Waals surface area contributed by atoms with Crippen molar-refractivity contribution >= 4 is 26.7 Å². The van der Waals surface area contributed by atoms with E-state index in [1.165, 1.54) is 10.8 Å². The molecule has 0 amide bonds. The number of halogens is 1. The first kappa shape index (κ1) is 13.2. The van der Waals surface area contributed by atoms with Crippen LogP contribution in [0.1, 0.15) is 17.3 Å². The van der Waals surface area contributed by atoms with E-state index in [9.17, 15) is 0 Å². The van der Waals surface area contributed by atoms with Crippen LogP contribution in [-0.2, 0) is 0 Å². The predicted octanol–water partition coefficient (Wildman–Crippen LogP) is 3.55. The largest absolute Gasteiger partial charge is 0.271 e. The van der Waals surface area contributed by atoms with Crippen LogP contribution in [-0.4, -0.2) is 4.98 Å². The van der Waals surface area contributed by atoms with Crippen LogP contribution in [0.5, 0.6) is 0 Å². The summed E-state index contributed by atoms with van der Waals surface area (Å²) in [6.45, 7) is 0. The van der Waals surface area contributed by atoms with E-state index in [0.717, 1.165) is 15.7 Å². The monoisotopic (exact) mass is 327 g/mol. The highest BCUT2D eigenvalue weighted by Crippen LogP contribution is 2.27. The Morgan fingerprint density at radius 1 is 1.00 bits per heavy atom. The third-order valence-electron chi connectivity index (χ3n) is 3.35. The Labute approximate surface area is 125 Å². The number of rotatable bonds is 3. The molecular formula is C16H14BrN3. The van der Waals surface area contributed by atoms with E-state index >= 15 is 0 Å². The summed E-state index contributed by atoms with van der Waals surface area (Å²) in [5.74, 6) is 5.76. The lowest BCUT2D eigenvalue weighted by molar-refractivity contribution is 0.624. The van der Waals surface area contributed by atoms with Crippen LogP contribution >= 0.6 is 15.9 Å². The molecular weight excluding hydrogens is 314 g/mol. The molecule has 0 radical (unpaired) electrons. The number of nitrogens with one attached hydrogen (secondary N) is 1. The summed E-state index contributed by atoms with van der Waals surface area (Å²) in [7, 11) is 0. The summed E-state index contributed by atoms with van der Waals surface area (Å²) in [6, 6.07) is 18.3. The molecule has 1 aromatic heterocycles. The van der Waals surface area contributed by atoms with Gasteiger partial charge in [-0.25, -0.2) is 5.43 Å². The highest BCUT2D eigenvalue weighted by atomic mass is 79.9. The maximum atomic E-state index is 5.76. The van der Waals surface area contributed by atoms with Crippen LogP contribution in [0.2, 0.25) is 0 Å². The van der Waals surface area contributed by atoms with Gasteiger partial charge in [0.1, 0.15) is 0 Å². The maximum absolute atomic E-state index is 5.76. The number of hydrogen-bond donors (Lipinski definition) is 2. The van der Waals surface area contributed by atoms with Gasteiger partial charge in [-0.2, -0.15) is 0 Å². The van der Waals surface area contributed by atoms with Crippen molar-refractivity contribution in [3.8, 4) is 0 Å². The third-order valence-corrected chi connectivity index (χ3v) is 3.82. The molecule has 1 heterocycles. The highest BCUT2D eigenvalue weighted by Gasteiger charge is 2.16. The zero-order valence-electron chi connectivity index (χ0n) is 10.8. The molecule has 3 nitrogen and oxygen atoms in total. The summed E-state index contributed by atoms with van der Waals surface area (Å²) in [6.07, 6.45) is 1.78. The van der Waals surface area contributed by atoms with Crippen LogP contribution in [0.15, 0.2) is 65.3 Å². The van der Waals surface area contributed by atoms with Gasteiger partial charge < -0.3 is 0 Å². The Morgan fingerprint density at radius 2 is 1.80 bits per heavy atom. The quantitative estimate of drug-likeness (QED) is 0.571. The Balaban J connectivity index is 2.14. The van der Waals surface area contributed by atoms with Gasteiger partial charge in [0.05, 0.1) is 11.7 Å². The smallest absolute Gasteiger partial charge is 0.0887 e. The summed E-state index contributed by atoms with van der Waals surface area (Å²) in [5, 5.41) is 2.38. The van der Waals surface area contributed by atoms with Crippen molar-refractivity contribution in [3.63, 3.8) is 0 Å². The van der Waals surface area contributed by atoms with Crippen molar-refractivity contribution in [1.29, 1.82) is 0 Å². The Morgan fingerprint density at radius 3 is 2.55 bits per heavy atom. The minimum atomic E-state index is -0.130. The second-order valence-electron chi connectivity index (χ2n) is 4.57. The van der Waals surface area contributed by atoms with Crippen molar-refractivity contribution < 1.29 is 0 Å². The molecule has 4 heteroatoms. The molecule has 0 fully saturated rings. The predicted molar refractivity (Wildman–Crippen MR) is 85.1 cm³/mol. The van der Waals surface area contributed by atoms with Crippen LogP contribution in [0.25, 0.3) is 10.8 Å². The summed E-state index contributed by atoms with van der Waals surface area (Å²) in [5.41, 5.74) is 4.89. The number of benzene rings is 2. The summed E-state index contributed by atoms with van der Waals surface area (Å²) in [4.78, 5) is 4.44. The lowest BCUT2D eigenvalue weighted by Gasteiger charge is -2.18. The van der Waals surface area contributed by atoms with E-state index in [-0.39, 0.29) is 6.04 Å². The van der Waals surface area contributed by atoms with Crippen molar-refractivity contribution in [2.75, 3.05) is 0 Å². The molecule has 0 saturated carbocycles. The van der Waals surface area contributed by atoms with Crippen molar-refractivity contribution in [2.24, 2.45) is 5.84 Å². The van der Waals surface area contributed by atoms with Gasteiger partial charge in [-0.15, -0.1) is 0 Å². The van der Waals surface area contributed by atoms with Crippen molar-refractivity contribution in [3.05, 3.63) is 76.5 Å². The third kappa shape index (κ3) is 2.45. The highest BCUT2D eigenvalue weighted by molar-refractivity contribution is 9.10. The molecule has 0 bridgehead atoms.